The van der Waals surface area contributed by atoms with Gasteiger partial charge in [-0.1, -0.05) is 42.5 Å². The number of hydrogen-bond acceptors (Lipinski definition) is 6. The van der Waals surface area contributed by atoms with Crippen molar-refractivity contribution in [3.05, 3.63) is 64.5 Å². The Morgan fingerprint density at radius 1 is 1.07 bits per heavy atom. The maximum atomic E-state index is 12.3. The summed E-state index contributed by atoms with van der Waals surface area (Å²) < 4.78 is 5.10. The van der Waals surface area contributed by atoms with Crippen molar-refractivity contribution >= 4 is 22.3 Å². The summed E-state index contributed by atoms with van der Waals surface area (Å²) in [4.78, 5) is 12.6. The molecule has 0 amide bonds. The lowest BCUT2D eigenvalue weighted by molar-refractivity contribution is 0.0533. The normalized spacial score (nSPS) is 10.0. The number of anilines is 1. The lowest BCUT2D eigenvalue weighted by atomic mass is 9.96. The zero-order valence-electron chi connectivity index (χ0n) is 14.5. The Hall–Kier alpha value is -3.61. The molecule has 2 aromatic carbocycles. The highest BCUT2D eigenvalue weighted by atomic mass is 32.1. The van der Waals surface area contributed by atoms with E-state index in [1.807, 2.05) is 42.5 Å². The van der Waals surface area contributed by atoms with E-state index >= 15 is 0 Å². The van der Waals surface area contributed by atoms with Crippen molar-refractivity contribution in [2.24, 2.45) is 0 Å². The molecule has 0 radical (unpaired) electrons. The van der Waals surface area contributed by atoms with Crippen LogP contribution in [0.25, 0.3) is 22.3 Å². The number of benzene rings is 2. The molecule has 0 fully saturated rings. The molecule has 0 atom stereocenters. The van der Waals surface area contributed by atoms with Gasteiger partial charge in [-0.2, -0.15) is 10.5 Å². The van der Waals surface area contributed by atoms with Gasteiger partial charge >= 0.3 is 5.97 Å². The molecule has 0 unspecified atom stereocenters. The van der Waals surface area contributed by atoms with Gasteiger partial charge in [0.2, 0.25) is 0 Å². The second-order valence-electron chi connectivity index (χ2n) is 5.61. The van der Waals surface area contributed by atoms with Crippen LogP contribution in [0.15, 0.2) is 48.5 Å². The van der Waals surface area contributed by atoms with Crippen molar-refractivity contribution < 1.29 is 9.53 Å². The Morgan fingerprint density at radius 2 is 1.74 bits per heavy atom. The van der Waals surface area contributed by atoms with Crippen LogP contribution in [-0.2, 0) is 4.74 Å². The van der Waals surface area contributed by atoms with Crippen molar-refractivity contribution in [1.82, 2.24) is 0 Å². The number of nitrogens with zero attached hydrogens (tertiary/aromatic N) is 2. The summed E-state index contributed by atoms with van der Waals surface area (Å²) in [7, 11) is 0. The Labute approximate surface area is 160 Å². The van der Waals surface area contributed by atoms with Crippen LogP contribution in [0.2, 0.25) is 0 Å². The quantitative estimate of drug-likeness (QED) is 0.675. The molecule has 3 rings (SSSR count). The number of carbonyl (C=O) groups excluding carboxylic acids is 1. The van der Waals surface area contributed by atoms with Crippen molar-refractivity contribution in [2.45, 2.75) is 6.92 Å². The third kappa shape index (κ3) is 3.39. The Morgan fingerprint density at radius 3 is 2.37 bits per heavy atom. The molecule has 5 nitrogen and oxygen atoms in total. The van der Waals surface area contributed by atoms with Gasteiger partial charge in [0.05, 0.1) is 23.8 Å². The SMILES string of the molecule is CCOC(=O)c1sc(N)c(C#N)c1-c1ccc(-c2ccccc2C#N)cc1. The topological polar surface area (TPSA) is 99.9 Å². The smallest absolute Gasteiger partial charge is 0.349 e. The molecule has 6 heteroatoms. The molecular weight excluding hydrogens is 358 g/mol. The number of nitriles is 2. The first-order chi connectivity index (χ1) is 13.1. The van der Waals surface area contributed by atoms with Crippen LogP contribution < -0.4 is 5.73 Å². The van der Waals surface area contributed by atoms with Crippen molar-refractivity contribution in [3.63, 3.8) is 0 Å². The maximum absolute atomic E-state index is 12.3. The van der Waals surface area contributed by atoms with E-state index in [4.69, 9.17) is 10.5 Å². The van der Waals surface area contributed by atoms with Crippen LogP contribution in [-0.4, -0.2) is 12.6 Å². The van der Waals surface area contributed by atoms with Gasteiger partial charge in [0.1, 0.15) is 15.9 Å². The van der Waals surface area contributed by atoms with Crippen LogP contribution in [0, 0.1) is 22.7 Å². The number of carbonyl (C=O) groups is 1. The average Bonchev–Trinajstić information content (AvgIpc) is 3.04. The van der Waals surface area contributed by atoms with Gasteiger partial charge in [0, 0.05) is 5.56 Å². The fraction of sp³-hybridized carbons (Fsp3) is 0.0952. The predicted molar refractivity (Wildman–Crippen MR) is 105 cm³/mol. The molecule has 1 aromatic heterocycles. The van der Waals surface area contributed by atoms with Crippen LogP contribution in [0.3, 0.4) is 0 Å². The van der Waals surface area contributed by atoms with E-state index in [0.29, 0.717) is 21.6 Å². The summed E-state index contributed by atoms with van der Waals surface area (Å²) in [6.07, 6.45) is 0. The van der Waals surface area contributed by atoms with E-state index in [9.17, 15) is 15.3 Å². The summed E-state index contributed by atoms with van der Waals surface area (Å²) >= 11 is 1.05. The van der Waals surface area contributed by atoms with Gasteiger partial charge in [-0.3, -0.25) is 0 Å². The van der Waals surface area contributed by atoms with Crippen LogP contribution in [0.4, 0.5) is 5.00 Å². The minimum absolute atomic E-state index is 0.238. The Kier molecular flexibility index (Phi) is 5.21. The van der Waals surface area contributed by atoms with Gasteiger partial charge in [0.25, 0.3) is 0 Å². The van der Waals surface area contributed by atoms with E-state index < -0.39 is 5.97 Å². The minimum atomic E-state index is -0.496. The average molecular weight is 373 g/mol. The number of hydrogen-bond donors (Lipinski definition) is 1. The highest BCUT2D eigenvalue weighted by Crippen LogP contribution is 2.39. The molecule has 2 N–H and O–H groups in total. The minimum Gasteiger partial charge on any atom is -0.462 e. The number of rotatable bonds is 4. The highest BCUT2D eigenvalue weighted by molar-refractivity contribution is 7.18. The zero-order valence-corrected chi connectivity index (χ0v) is 15.3. The molecule has 3 aromatic rings. The molecule has 0 spiro atoms. The molecule has 0 saturated carbocycles. The van der Waals surface area contributed by atoms with Crippen molar-refractivity contribution in [3.8, 4) is 34.4 Å². The molecular formula is C21H15N3O2S. The summed E-state index contributed by atoms with van der Waals surface area (Å²) in [5.41, 5.74) is 9.66. The second kappa shape index (κ2) is 7.74. The lowest BCUT2D eigenvalue weighted by Crippen LogP contribution is -2.04. The molecule has 0 bridgehead atoms. The first kappa shape index (κ1) is 18.2. The van der Waals surface area contributed by atoms with E-state index in [-0.39, 0.29) is 17.2 Å². The zero-order chi connectivity index (χ0) is 19.4. The fourth-order valence-corrected chi connectivity index (χ4v) is 3.76. The van der Waals surface area contributed by atoms with Gasteiger partial charge < -0.3 is 10.5 Å². The van der Waals surface area contributed by atoms with Gasteiger partial charge in [-0.05, 0) is 29.7 Å². The summed E-state index contributed by atoms with van der Waals surface area (Å²) in [5.74, 6) is -0.496. The Balaban J connectivity index is 2.10. The number of esters is 1. The van der Waals surface area contributed by atoms with Crippen LogP contribution >= 0.6 is 11.3 Å². The fourth-order valence-electron chi connectivity index (χ4n) is 2.82. The third-order valence-corrected chi connectivity index (χ3v) is 5.04. The van der Waals surface area contributed by atoms with E-state index in [2.05, 4.69) is 12.1 Å². The molecule has 0 saturated heterocycles. The summed E-state index contributed by atoms with van der Waals surface area (Å²) in [6, 6.07) is 18.9. The molecule has 27 heavy (non-hydrogen) atoms. The largest absolute Gasteiger partial charge is 0.462 e. The first-order valence-corrected chi connectivity index (χ1v) is 9.01. The molecule has 0 aliphatic carbocycles. The van der Waals surface area contributed by atoms with Gasteiger partial charge in [-0.15, -0.1) is 11.3 Å². The molecule has 0 aliphatic rings. The van der Waals surface area contributed by atoms with Gasteiger partial charge in [-0.25, -0.2) is 4.79 Å². The molecule has 0 aliphatic heterocycles. The lowest BCUT2D eigenvalue weighted by Gasteiger charge is -2.08. The summed E-state index contributed by atoms with van der Waals surface area (Å²) in [6.45, 7) is 1.96. The predicted octanol–water partition coefficient (Wildman–Crippen LogP) is 4.58. The maximum Gasteiger partial charge on any atom is 0.349 e. The number of nitrogen functional groups attached to an aromatic ring is 1. The van der Waals surface area contributed by atoms with E-state index in [1.54, 1.807) is 13.0 Å². The first-order valence-electron chi connectivity index (χ1n) is 8.20. The number of thiophene rings is 1. The number of nitrogens with two attached hydrogens (primary N) is 1. The number of ether oxygens (including phenoxy) is 1. The van der Waals surface area contributed by atoms with Crippen molar-refractivity contribution in [2.75, 3.05) is 12.3 Å². The van der Waals surface area contributed by atoms with E-state index in [0.717, 1.165) is 22.5 Å². The van der Waals surface area contributed by atoms with Crippen LogP contribution in [0.5, 0.6) is 0 Å². The standard InChI is InChI=1S/C21H15N3O2S/c1-2-26-21(25)19-18(17(12-23)20(24)27-19)14-9-7-13(8-10-14)16-6-4-3-5-15(16)11-22/h3-10H,2,24H2,1H3. The molecule has 132 valence electrons. The Bertz CT molecular complexity index is 1090. The monoisotopic (exact) mass is 373 g/mol. The summed E-state index contributed by atoms with van der Waals surface area (Å²) in [5, 5.41) is 19.0. The molecule has 1 heterocycles. The van der Waals surface area contributed by atoms with E-state index in [1.165, 1.54) is 0 Å². The van der Waals surface area contributed by atoms with Crippen molar-refractivity contribution in [1.29, 1.82) is 10.5 Å². The third-order valence-electron chi connectivity index (χ3n) is 4.04. The van der Waals surface area contributed by atoms with Gasteiger partial charge in [0.15, 0.2) is 0 Å². The highest BCUT2D eigenvalue weighted by Gasteiger charge is 2.24. The van der Waals surface area contributed by atoms with Crippen LogP contribution in [0.1, 0.15) is 27.7 Å². The second-order valence-corrected chi connectivity index (χ2v) is 6.66.